The minimum atomic E-state index is -1.04. The molecule has 0 saturated carbocycles. The first-order chi connectivity index (χ1) is 7.32. The van der Waals surface area contributed by atoms with E-state index in [4.69, 9.17) is 4.43 Å². The van der Waals surface area contributed by atoms with Gasteiger partial charge in [-0.25, -0.2) is 0 Å². The lowest BCUT2D eigenvalue weighted by Crippen LogP contribution is -2.26. The molecule has 16 heavy (non-hydrogen) atoms. The molecule has 0 spiro atoms. The van der Waals surface area contributed by atoms with Crippen molar-refractivity contribution in [1.29, 1.82) is 0 Å². The number of hydrogen-bond donors (Lipinski definition) is 0. The van der Waals surface area contributed by atoms with Gasteiger partial charge in [-0.2, -0.15) is 0 Å². The fraction of sp³-hybridized carbons (Fsp3) is 0.538. The monoisotopic (exact) mass is 300 g/mol. The van der Waals surface area contributed by atoms with Crippen LogP contribution in [-0.4, -0.2) is 9.04 Å². The highest BCUT2D eigenvalue weighted by molar-refractivity contribution is 9.10. The normalized spacial score (nSPS) is 14.2. The van der Waals surface area contributed by atoms with Gasteiger partial charge >= 0.3 is 0 Å². The maximum Gasteiger partial charge on any atom is 0.171 e. The van der Waals surface area contributed by atoms with Crippen molar-refractivity contribution in [1.82, 2.24) is 0 Å². The summed E-state index contributed by atoms with van der Waals surface area (Å²) in [6.07, 6.45) is 0.176. The van der Waals surface area contributed by atoms with Crippen molar-refractivity contribution in [3.05, 3.63) is 34.3 Å². The molecule has 0 bridgehead atoms. The topological polar surface area (TPSA) is 9.23 Å². The summed E-state index contributed by atoms with van der Waals surface area (Å²) in [5.74, 6) is 0. The summed E-state index contributed by atoms with van der Waals surface area (Å²) in [6, 6.07) is 8.35. The number of benzene rings is 1. The van der Waals surface area contributed by atoms with E-state index in [-0.39, 0.29) is 11.5 Å². The van der Waals surface area contributed by atoms with Gasteiger partial charge in [0.15, 0.2) is 9.04 Å². The maximum atomic E-state index is 6.19. The number of hydrogen-bond acceptors (Lipinski definition) is 1. The van der Waals surface area contributed by atoms with Crippen molar-refractivity contribution in [2.45, 2.75) is 40.0 Å². The quantitative estimate of drug-likeness (QED) is 0.745. The second kappa shape index (κ2) is 5.47. The highest BCUT2D eigenvalue weighted by atomic mass is 79.9. The predicted molar refractivity (Wildman–Crippen MR) is 76.3 cm³/mol. The van der Waals surface area contributed by atoms with Gasteiger partial charge in [0.25, 0.3) is 0 Å². The van der Waals surface area contributed by atoms with Crippen LogP contribution in [0.4, 0.5) is 0 Å². The Morgan fingerprint density at radius 2 is 1.75 bits per heavy atom. The van der Waals surface area contributed by atoms with Gasteiger partial charge in [0, 0.05) is 4.47 Å². The molecule has 0 aliphatic rings. The fourth-order valence-corrected chi connectivity index (χ4v) is 3.30. The second-order valence-corrected chi connectivity index (χ2v) is 8.68. The van der Waals surface area contributed by atoms with Crippen molar-refractivity contribution in [3.8, 4) is 0 Å². The van der Waals surface area contributed by atoms with E-state index in [1.807, 2.05) is 6.07 Å². The molecule has 0 fully saturated rings. The molecule has 1 rings (SSSR count). The molecular weight excluding hydrogens is 280 g/mol. The van der Waals surface area contributed by atoms with Gasteiger partial charge in [-0.3, -0.25) is 0 Å². The van der Waals surface area contributed by atoms with E-state index in [0.717, 1.165) is 4.47 Å². The van der Waals surface area contributed by atoms with Crippen LogP contribution in [0.5, 0.6) is 0 Å². The molecule has 0 aliphatic carbocycles. The smallest absolute Gasteiger partial charge is 0.171 e. The molecular formula is C13H21BrOSi. The lowest BCUT2D eigenvalue weighted by molar-refractivity contribution is 0.0860. The van der Waals surface area contributed by atoms with Crippen LogP contribution in [0.3, 0.4) is 0 Å². The largest absolute Gasteiger partial charge is 0.413 e. The molecule has 0 saturated heterocycles. The summed E-state index contributed by atoms with van der Waals surface area (Å²) in [6.45, 7) is 11.1. The molecule has 3 heteroatoms. The van der Waals surface area contributed by atoms with Crippen molar-refractivity contribution < 1.29 is 4.43 Å². The molecule has 0 amide bonds. The molecule has 1 atom stereocenters. The second-order valence-electron chi connectivity index (χ2n) is 5.45. The van der Waals surface area contributed by atoms with Gasteiger partial charge < -0.3 is 4.43 Å². The molecule has 1 nitrogen and oxygen atoms in total. The van der Waals surface area contributed by atoms with Crippen LogP contribution in [0.15, 0.2) is 28.7 Å². The molecule has 1 aromatic carbocycles. The SMILES string of the molecule is C[SiH](C)OC(c1ccccc1Br)C(C)(C)C. The Bertz CT molecular complexity index is 344. The van der Waals surface area contributed by atoms with Crippen LogP contribution in [0.2, 0.25) is 13.1 Å². The zero-order valence-electron chi connectivity index (χ0n) is 10.8. The first-order valence-corrected chi connectivity index (χ1v) is 9.29. The average molecular weight is 301 g/mol. The lowest BCUT2D eigenvalue weighted by atomic mass is 9.85. The maximum absolute atomic E-state index is 6.19. The van der Waals surface area contributed by atoms with Gasteiger partial charge in [0.2, 0.25) is 0 Å². The van der Waals surface area contributed by atoms with Crippen molar-refractivity contribution in [2.75, 3.05) is 0 Å². The molecule has 90 valence electrons. The Morgan fingerprint density at radius 1 is 1.19 bits per heavy atom. The van der Waals surface area contributed by atoms with Gasteiger partial charge in [0.1, 0.15) is 0 Å². The molecule has 0 aliphatic heterocycles. The average Bonchev–Trinajstić information content (AvgIpc) is 2.13. The fourth-order valence-electron chi connectivity index (χ4n) is 1.70. The van der Waals surface area contributed by atoms with E-state index in [0.29, 0.717) is 0 Å². The van der Waals surface area contributed by atoms with Crippen LogP contribution in [0.25, 0.3) is 0 Å². The number of rotatable bonds is 3. The summed E-state index contributed by atoms with van der Waals surface area (Å²) in [7, 11) is -1.04. The van der Waals surface area contributed by atoms with Gasteiger partial charge in [-0.15, -0.1) is 0 Å². The van der Waals surface area contributed by atoms with E-state index < -0.39 is 9.04 Å². The Hall–Kier alpha value is -0.123. The zero-order valence-corrected chi connectivity index (χ0v) is 13.5. The molecule has 0 N–H and O–H groups in total. The summed E-state index contributed by atoms with van der Waals surface area (Å²) in [4.78, 5) is 0. The van der Waals surface area contributed by atoms with Gasteiger partial charge in [-0.1, -0.05) is 54.9 Å². The molecule has 1 aromatic rings. The lowest BCUT2D eigenvalue weighted by Gasteiger charge is -2.33. The highest BCUT2D eigenvalue weighted by Crippen LogP contribution is 2.39. The molecule has 0 aromatic heterocycles. The van der Waals surface area contributed by atoms with Gasteiger partial charge in [-0.05, 0) is 30.1 Å². The van der Waals surface area contributed by atoms with Gasteiger partial charge in [0.05, 0.1) is 6.10 Å². The van der Waals surface area contributed by atoms with E-state index in [1.54, 1.807) is 0 Å². The zero-order chi connectivity index (χ0) is 12.3. The Balaban J connectivity index is 3.07. The summed E-state index contributed by atoms with van der Waals surface area (Å²) in [5, 5.41) is 0. The minimum absolute atomic E-state index is 0.126. The van der Waals surface area contributed by atoms with Crippen LogP contribution in [-0.2, 0) is 4.43 Å². The summed E-state index contributed by atoms with van der Waals surface area (Å²) < 4.78 is 7.33. The van der Waals surface area contributed by atoms with Crippen LogP contribution in [0.1, 0.15) is 32.4 Å². The minimum Gasteiger partial charge on any atom is -0.413 e. The summed E-state index contributed by atoms with van der Waals surface area (Å²) >= 11 is 3.61. The van der Waals surface area contributed by atoms with E-state index in [9.17, 15) is 0 Å². The first kappa shape index (κ1) is 13.9. The van der Waals surface area contributed by atoms with Crippen molar-refractivity contribution in [3.63, 3.8) is 0 Å². The van der Waals surface area contributed by atoms with Crippen LogP contribution in [0, 0.1) is 5.41 Å². The third-order valence-electron chi connectivity index (χ3n) is 2.38. The number of halogens is 1. The summed E-state index contributed by atoms with van der Waals surface area (Å²) in [5.41, 5.74) is 1.39. The third kappa shape index (κ3) is 3.72. The molecule has 1 unspecified atom stereocenters. The van der Waals surface area contributed by atoms with Crippen molar-refractivity contribution in [2.24, 2.45) is 5.41 Å². The highest BCUT2D eigenvalue weighted by Gasteiger charge is 2.29. The van der Waals surface area contributed by atoms with Crippen LogP contribution >= 0.6 is 15.9 Å². The Kier molecular flexibility index (Phi) is 4.77. The Labute approximate surface area is 109 Å². The standard InChI is InChI=1S/C13H21BrOSi/c1-13(2,3)12(15-16(4)5)10-8-6-7-9-11(10)14/h6-9,12,16H,1-5H3. The first-order valence-electron chi connectivity index (χ1n) is 5.72. The predicted octanol–water partition coefficient (Wildman–Crippen LogP) is 4.54. The van der Waals surface area contributed by atoms with Crippen LogP contribution < -0.4 is 0 Å². The van der Waals surface area contributed by atoms with E-state index >= 15 is 0 Å². The third-order valence-corrected chi connectivity index (χ3v) is 3.92. The molecule has 0 radical (unpaired) electrons. The van der Waals surface area contributed by atoms with Crippen molar-refractivity contribution >= 4 is 25.0 Å². The Morgan fingerprint density at radius 3 is 2.19 bits per heavy atom. The van der Waals surface area contributed by atoms with E-state index in [1.165, 1.54) is 5.56 Å². The molecule has 0 heterocycles. The van der Waals surface area contributed by atoms with E-state index in [2.05, 4.69) is 68.0 Å².